The van der Waals surface area contributed by atoms with E-state index in [1.807, 2.05) is 0 Å². The van der Waals surface area contributed by atoms with Crippen LogP contribution in [-0.4, -0.2) is 6.54 Å². The van der Waals surface area contributed by atoms with Crippen molar-refractivity contribution in [2.45, 2.75) is 6.42 Å². The van der Waals surface area contributed by atoms with E-state index in [9.17, 15) is 4.39 Å². The predicted octanol–water partition coefficient (Wildman–Crippen LogP) is 2.33. The Bertz CT molecular complexity index is 258. The number of benzene rings is 1. The largest absolute Gasteiger partial charge is 0.267 e. The molecule has 0 aliphatic rings. The molecule has 0 aromatic heterocycles. The third-order valence-electron chi connectivity index (χ3n) is 1.44. The summed E-state index contributed by atoms with van der Waals surface area (Å²) in [6, 6.07) is 6.35. The average molecular weight is 150 g/mol. The Kier molecular flexibility index (Phi) is 2.62. The van der Waals surface area contributed by atoms with Crippen molar-refractivity contribution in [3.63, 3.8) is 0 Å². The maximum Gasteiger partial charge on any atom is 0.267 e. The number of halogens is 1. The van der Waals surface area contributed by atoms with Gasteiger partial charge in [-0.1, -0.05) is 17.0 Å². The molecule has 0 N–H and O–H groups in total. The Balaban J connectivity index is 2.60. The average Bonchev–Trinajstić information content (AvgIpc) is 2.04. The Morgan fingerprint density at radius 3 is 2.45 bits per heavy atom. The number of rotatable bonds is 2. The highest BCUT2D eigenvalue weighted by molar-refractivity contribution is 5.16. The first-order valence-electron chi connectivity index (χ1n) is 3.44. The summed E-state index contributed by atoms with van der Waals surface area (Å²) in [6.07, 6.45) is 0.775. The molecular formula is C9H9FN+. The number of hydrogen-bond acceptors (Lipinski definition) is 0. The van der Waals surface area contributed by atoms with Crippen molar-refractivity contribution in [3.05, 3.63) is 40.5 Å². The zero-order chi connectivity index (χ0) is 8.10. The summed E-state index contributed by atoms with van der Waals surface area (Å²) >= 11 is 0. The second-order valence-corrected chi connectivity index (χ2v) is 2.28. The lowest BCUT2D eigenvalue weighted by molar-refractivity contribution is 0.627. The van der Waals surface area contributed by atoms with Gasteiger partial charge < -0.3 is 0 Å². The summed E-state index contributed by atoms with van der Waals surface area (Å²) in [5, 5.41) is 0. The molecular weight excluding hydrogens is 141 g/mol. The lowest BCUT2D eigenvalue weighted by Crippen LogP contribution is -1.86. The number of hydrogen-bond donors (Lipinski definition) is 0. The molecule has 0 aliphatic heterocycles. The second-order valence-electron chi connectivity index (χ2n) is 2.28. The summed E-state index contributed by atoms with van der Waals surface area (Å²) in [6.45, 7) is 5.55. The predicted molar refractivity (Wildman–Crippen MR) is 43.3 cm³/mol. The van der Waals surface area contributed by atoms with E-state index in [1.54, 1.807) is 12.1 Å². The minimum absolute atomic E-state index is 0.210. The van der Waals surface area contributed by atoms with Crippen LogP contribution in [0.25, 0.3) is 4.85 Å². The van der Waals surface area contributed by atoms with Gasteiger partial charge in [0.1, 0.15) is 5.82 Å². The molecule has 0 heterocycles. The van der Waals surface area contributed by atoms with Gasteiger partial charge in [-0.15, -0.1) is 0 Å². The van der Waals surface area contributed by atoms with Crippen LogP contribution in [0.2, 0.25) is 0 Å². The van der Waals surface area contributed by atoms with E-state index in [0.717, 1.165) is 12.0 Å². The van der Waals surface area contributed by atoms with E-state index in [1.165, 1.54) is 12.1 Å². The fourth-order valence-corrected chi connectivity index (χ4v) is 0.845. The maximum atomic E-state index is 12.4. The quantitative estimate of drug-likeness (QED) is 0.609. The van der Waals surface area contributed by atoms with Crippen molar-refractivity contribution in [2.75, 3.05) is 6.54 Å². The molecule has 0 spiro atoms. The lowest BCUT2D eigenvalue weighted by atomic mass is 10.1. The third kappa shape index (κ3) is 2.38. The van der Waals surface area contributed by atoms with Gasteiger partial charge in [0, 0.05) is 6.42 Å². The molecule has 0 fully saturated rings. The molecule has 11 heavy (non-hydrogen) atoms. The lowest BCUT2D eigenvalue weighted by Gasteiger charge is -1.92. The Hall–Kier alpha value is -1.36. The van der Waals surface area contributed by atoms with Crippen LogP contribution in [0.4, 0.5) is 4.39 Å². The fourth-order valence-electron chi connectivity index (χ4n) is 0.845. The van der Waals surface area contributed by atoms with E-state index >= 15 is 0 Å². The molecule has 0 amide bonds. The van der Waals surface area contributed by atoms with Gasteiger partial charge in [-0.25, -0.2) is 4.39 Å². The molecule has 0 atom stereocenters. The highest BCUT2D eigenvalue weighted by Crippen LogP contribution is 2.02. The molecule has 0 saturated heterocycles. The molecule has 2 heteroatoms. The van der Waals surface area contributed by atoms with Crippen LogP contribution in [-0.2, 0) is 6.42 Å². The van der Waals surface area contributed by atoms with Crippen molar-refractivity contribution in [1.29, 1.82) is 0 Å². The van der Waals surface area contributed by atoms with Gasteiger partial charge in [-0.05, 0) is 17.7 Å². The van der Waals surface area contributed by atoms with E-state index in [0.29, 0.717) is 6.54 Å². The van der Waals surface area contributed by atoms with Crippen molar-refractivity contribution < 1.29 is 4.39 Å². The van der Waals surface area contributed by atoms with Crippen LogP contribution >= 0.6 is 0 Å². The summed E-state index contributed by atoms with van der Waals surface area (Å²) < 4.78 is 12.4. The molecule has 1 rings (SSSR count). The first-order chi connectivity index (χ1) is 5.33. The first-order valence-corrected chi connectivity index (χ1v) is 3.44. The normalized spacial score (nSPS) is 9.09. The smallest absolute Gasteiger partial charge is 0.207 e. The van der Waals surface area contributed by atoms with Crippen molar-refractivity contribution in [1.82, 2.24) is 0 Å². The Morgan fingerprint density at radius 1 is 1.27 bits per heavy atom. The summed E-state index contributed by atoms with van der Waals surface area (Å²) in [5.41, 5.74) is 1.06. The Morgan fingerprint density at radius 2 is 1.91 bits per heavy atom. The maximum absolute atomic E-state index is 12.4. The van der Waals surface area contributed by atoms with Gasteiger partial charge in [-0.3, -0.25) is 0 Å². The monoisotopic (exact) mass is 150 g/mol. The van der Waals surface area contributed by atoms with Crippen LogP contribution in [0.3, 0.4) is 0 Å². The molecule has 0 radical (unpaired) electrons. The second kappa shape index (κ2) is 3.72. The Labute approximate surface area is 65.3 Å². The van der Waals surface area contributed by atoms with Crippen molar-refractivity contribution in [2.24, 2.45) is 0 Å². The van der Waals surface area contributed by atoms with Crippen LogP contribution in [0.1, 0.15) is 5.56 Å². The minimum Gasteiger partial charge on any atom is -0.207 e. The van der Waals surface area contributed by atoms with Gasteiger partial charge in [0.2, 0.25) is 0 Å². The van der Waals surface area contributed by atoms with Crippen LogP contribution in [0, 0.1) is 12.4 Å². The topological polar surface area (TPSA) is 4.36 Å². The summed E-state index contributed by atoms with van der Waals surface area (Å²) in [4.78, 5) is 3.46. The first kappa shape index (κ1) is 7.74. The highest BCUT2D eigenvalue weighted by atomic mass is 19.1. The van der Waals surface area contributed by atoms with Crippen molar-refractivity contribution >= 4 is 0 Å². The van der Waals surface area contributed by atoms with Gasteiger partial charge in [-0.2, -0.15) is 0 Å². The zero-order valence-electron chi connectivity index (χ0n) is 6.13. The summed E-state index contributed by atoms with van der Waals surface area (Å²) in [7, 11) is 0. The van der Waals surface area contributed by atoms with Crippen molar-refractivity contribution in [3.8, 4) is 6.57 Å². The number of nitrogens with zero attached hydrogens (tertiary/aromatic N) is 1. The fraction of sp³-hybridized carbons (Fsp3) is 0.222. The van der Waals surface area contributed by atoms with Gasteiger partial charge in [0.25, 0.3) is 13.1 Å². The van der Waals surface area contributed by atoms with E-state index in [2.05, 4.69) is 4.85 Å². The molecule has 0 unspecified atom stereocenters. The van der Waals surface area contributed by atoms with E-state index < -0.39 is 0 Å². The molecule has 56 valence electrons. The molecule has 0 bridgehead atoms. The van der Waals surface area contributed by atoms with E-state index in [-0.39, 0.29) is 5.82 Å². The molecule has 1 nitrogen and oxygen atoms in total. The summed E-state index contributed by atoms with van der Waals surface area (Å²) in [5.74, 6) is -0.210. The van der Waals surface area contributed by atoms with Gasteiger partial charge in [0.05, 0.1) is 0 Å². The van der Waals surface area contributed by atoms with Crippen LogP contribution < -0.4 is 0 Å². The highest BCUT2D eigenvalue weighted by Gasteiger charge is 1.95. The van der Waals surface area contributed by atoms with E-state index in [4.69, 9.17) is 6.57 Å². The standard InChI is InChI=1S/C9H9FN/c1-11-7-6-8-2-4-9(10)5-3-8/h1-5H,6-7H2/q+1. The van der Waals surface area contributed by atoms with Gasteiger partial charge >= 0.3 is 0 Å². The molecule has 1 aromatic rings. The molecule has 1 aromatic carbocycles. The molecule has 0 saturated carbocycles. The van der Waals surface area contributed by atoms with Crippen LogP contribution in [0.15, 0.2) is 24.3 Å². The third-order valence-corrected chi connectivity index (χ3v) is 1.44. The minimum atomic E-state index is -0.210. The zero-order valence-corrected chi connectivity index (χ0v) is 6.13. The SMILES string of the molecule is C#[N+]CCc1ccc(F)cc1. The molecule has 0 aliphatic carbocycles. The van der Waals surface area contributed by atoms with Gasteiger partial charge in [0.15, 0.2) is 0 Å². The van der Waals surface area contributed by atoms with Crippen LogP contribution in [0.5, 0.6) is 0 Å².